The normalized spacial score (nSPS) is 10.4. The topological polar surface area (TPSA) is 72.5 Å². The number of ether oxygens (including phenoxy) is 1. The summed E-state index contributed by atoms with van der Waals surface area (Å²) in [6, 6.07) is 0. The average molecular weight is 257 g/mol. The highest BCUT2D eigenvalue weighted by molar-refractivity contribution is 5.86. The lowest BCUT2D eigenvalue weighted by molar-refractivity contribution is -0.127. The Morgan fingerprint density at radius 1 is 1.11 bits per heavy atom. The van der Waals surface area contributed by atoms with Gasteiger partial charge in [0, 0.05) is 25.4 Å². The molecule has 18 heavy (non-hydrogen) atoms. The summed E-state index contributed by atoms with van der Waals surface area (Å²) in [5.74, 6) is -0.115. The van der Waals surface area contributed by atoms with Crippen LogP contribution in [0.15, 0.2) is 0 Å². The van der Waals surface area contributed by atoms with Gasteiger partial charge in [-0.25, -0.2) is 0 Å². The summed E-state index contributed by atoms with van der Waals surface area (Å²) < 4.78 is 5.20. The number of ketones is 2. The molecule has 0 heterocycles. The van der Waals surface area contributed by atoms with Crippen LogP contribution in [0.2, 0.25) is 0 Å². The number of hydrogen-bond acceptors (Lipinski definition) is 4. The van der Waals surface area contributed by atoms with Gasteiger partial charge in [0.1, 0.15) is 5.78 Å². The molecule has 0 unspecified atom stereocenters. The first-order valence-electron chi connectivity index (χ1n) is 6.30. The quantitative estimate of drug-likeness (QED) is 0.595. The van der Waals surface area contributed by atoms with Gasteiger partial charge in [0.15, 0.2) is 5.78 Å². The summed E-state index contributed by atoms with van der Waals surface area (Å²) in [5.41, 5.74) is 0. The van der Waals surface area contributed by atoms with Crippen LogP contribution in [0.1, 0.15) is 40.0 Å². The third-order valence-electron chi connectivity index (χ3n) is 2.33. The Kier molecular flexibility index (Phi) is 9.10. The number of Topliss-reactive ketones (excluding diaryl/α,β-unsaturated/α-hetero) is 2. The van der Waals surface area contributed by atoms with Crippen molar-refractivity contribution >= 4 is 17.5 Å². The van der Waals surface area contributed by atoms with Crippen LogP contribution >= 0.6 is 0 Å². The highest BCUT2D eigenvalue weighted by Gasteiger charge is 2.08. The highest BCUT2D eigenvalue weighted by atomic mass is 16.5. The molecule has 0 fully saturated rings. The molecule has 5 heteroatoms. The minimum absolute atomic E-state index is 0.000770. The van der Waals surface area contributed by atoms with Crippen molar-refractivity contribution < 1.29 is 19.1 Å². The first kappa shape index (κ1) is 16.8. The van der Waals surface area contributed by atoms with Crippen molar-refractivity contribution in [3.8, 4) is 0 Å². The molecule has 5 nitrogen and oxygen atoms in total. The van der Waals surface area contributed by atoms with Crippen LogP contribution in [0.25, 0.3) is 0 Å². The molecule has 0 aliphatic heterocycles. The summed E-state index contributed by atoms with van der Waals surface area (Å²) in [6.45, 7) is 6.05. The van der Waals surface area contributed by atoms with Gasteiger partial charge in [0.2, 0.25) is 5.91 Å². The van der Waals surface area contributed by atoms with E-state index in [0.29, 0.717) is 32.5 Å². The maximum absolute atomic E-state index is 11.4. The summed E-state index contributed by atoms with van der Waals surface area (Å²) in [4.78, 5) is 33.2. The second-order valence-corrected chi connectivity index (χ2v) is 4.58. The van der Waals surface area contributed by atoms with Gasteiger partial charge in [0.05, 0.1) is 13.2 Å². The molecule has 1 N–H and O–H groups in total. The minimum atomic E-state index is -0.110. The van der Waals surface area contributed by atoms with E-state index >= 15 is 0 Å². The largest absolute Gasteiger partial charge is 0.381 e. The minimum Gasteiger partial charge on any atom is -0.381 e. The number of carbonyl (C=O) groups is 3. The SMILES string of the molecule is CC(=O)CCOCCCC(=O)CNC(=O)C(C)C. The van der Waals surface area contributed by atoms with Gasteiger partial charge >= 0.3 is 0 Å². The van der Waals surface area contributed by atoms with Crippen molar-refractivity contribution in [3.05, 3.63) is 0 Å². The molecule has 0 saturated heterocycles. The van der Waals surface area contributed by atoms with E-state index in [-0.39, 0.29) is 29.9 Å². The van der Waals surface area contributed by atoms with Gasteiger partial charge in [-0.05, 0) is 13.3 Å². The summed E-state index contributed by atoms with van der Waals surface area (Å²) in [6.07, 6.45) is 1.42. The molecule has 0 saturated carbocycles. The molecule has 0 aromatic heterocycles. The van der Waals surface area contributed by atoms with Gasteiger partial charge in [0.25, 0.3) is 0 Å². The molecule has 104 valence electrons. The molecule has 0 aromatic rings. The van der Waals surface area contributed by atoms with E-state index in [1.165, 1.54) is 6.92 Å². The van der Waals surface area contributed by atoms with E-state index in [1.807, 2.05) is 0 Å². The van der Waals surface area contributed by atoms with Gasteiger partial charge in [-0.15, -0.1) is 0 Å². The second-order valence-electron chi connectivity index (χ2n) is 4.58. The van der Waals surface area contributed by atoms with Gasteiger partial charge in [-0.2, -0.15) is 0 Å². The number of nitrogens with one attached hydrogen (secondary N) is 1. The second kappa shape index (κ2) is 9.76. The molecule has 0 aromatic carbocycles. The van der Waals surface area contributed by atoms with Crippen molar-refractivity contribution in [3.63, 3.8) is 0 Å². The number of amides is 1. The van der Waals surface area contributed by atoms with Crippen LogP contribution in [0.4, 0.5) is 0 Å². The Balaban J connectivity index is 3.43. The Morgan fingerprint density at radius 2 is 1.78 bits per heavy atom. The van der Waals surface area contributed by atoms with Gasteiger partial charge < -0.3 is 10.1 Å². The van der Waals surface area contributed by atoms with E-state index in [4.69, 9.17) is 4.74 Å². The fourth-order valence-corrected chi connectivity index (χ4v) is 1.17. The van der Waals surface area contributed by atoms with E-state index in [9.17, 15) is 14.4 Å². The van der Waals surface area contributed by atoms with Crippen molar-refractivity contribution in [1.29, 1.82) is 0 Å². The van der Waals surface area contributed by atoms with Crippen molar-refractivity contribution in [2.24, 2.45) is 5.92 Å². The van der Waals surface area contributed by atoms with E-state index in [2.05, 4.69) is 5.32 Å². The summed E-state index contributed by atoms with van der Waals surface area (Å²) in [7, 11) is 0. The molecule has 1 amide bonds. The molecule has 0 spiro atoms. The predicted octanol–water partition coefficient (Wildman–Crippen LogP) is 1.10. The molecule has 0 rings (SSSR count). The fourth-order valence-electron chi connectivity index (χ4n) is 1.17. The molecular weight excluding hydrogens is 234 g/mol. The Labute approximate surface area is 108 Å². The standard InChI is InChI=1S/C13H23NO4/c1-10(2)13(17)14-9-12(16)5-4-7-18-8-6-11(3)15/h10H,4-9H2,1-3H3,(H,14,17). The van der Waals surface area contributed by atoms with Crippen molar-refractivity contribution in [1.82, 2.24) is 5.32 Å². The smallest absolute Gasteiger partial charge is 0.222 e. The van der Waals surface area contributed by atoms with Gasteiger partial charge in [-0.3, -0.25) is 14.4 Å². The molecule has 0 aliphatic rings. The lowest BCUT2D eigenvalue weighted by Gasteiger charge is -2.07. The Bertz CT molecular complexity index is 287. The van der Waals surface area contributed by atoms with E-state index in [1.54, 1.807) is 13.8 Å². The number of rotatable bonds is 10. The monoisotopic (exact) mass is 257 g/mol. The fraction of sp³-hybridized carbons (Fsp3) is 0.769. The third kappa shape index (κ3) is 9.96. The van der Waals surface area contributed by atoms with E-state index < -0.39 is 0 Å². The van der Waals surface area contributed by atoms with Crippen LogP contribution in [0.5, 0.6) is 0 Å². The van der Waals surface area contributed by atoms with Crippen LogP contribution in [0.3, 0.4) is 0 Å². The molecule has 0 radical (unpaired) electrons. The average Bonchev–Trinajstić information content (AvgIpc) is 2.29. The van der Waals surface area contributed by atoms with Crippen LogP contribution in [0, 0.1) is 5.92 Å². The summed E-state index contributed by atoms with van der Waals surface area (Å²) >= 11 is 0. The number of hydrogen-bond donors (Lipinski definition) is 1. The Morgan fingerprint density at radius 3 is 2.33 bits per heavy atom. The first-order chi connectivity index (χ1) is 8.43. The summed E-state index contributed by atoms with van der Waals surface area (Å²) in [5, 5.41) is 2.57. The van der Waals surface area contributed by atoms with Gasteiger partial charge in [-0.1, -0.05) is 13.8 Å². The van der Waals surface area contributed by atoms with Crippen LogP contribution in [-0.2, 0) is 19.1 Å². The maximum atomic E-state index is 11.4. The van der Waals surface area contributed by atoms with Crippen molar-refractivity contribution in [2.45, 2.75) is 40.0 Å². The van der Waals surface area contributed by atoms with Crippen molar-refractivity contribution in [2.75, 3.05) is 19.8 Å². The zero-order chi connectivity index (χ0) is 14.0. The lowest BCUT2D eigenvalue weighted by Crippen LogP contribution is -2.32. The van der Waals surface area contributed by atoms with Crippen LogP contribution in [-0.4, -0.2) is 37.2 Å². The molecule has 0 bridgehead atoms. The lowest BCUT2D eigenvalue weighted by atomic mass is 10.2. The maximum Gasteiger partial charge on any atom is 0.222 e. The molecule has 0 aliphatic carbocycles. The first-order valence-corrected chi connectivity index (χ1v) is 6.30. The third-order valence-corrected chi connectivity index (χ3v) is 2.33. The number of carbonyl (C=O) groups excluding carboxylic acids is 3. The Hall–Kier alpha value is -1.23. The zero-order valence-electron chi connectivity index (χ0n) is 11.5. The molecule has 0 atom stereocenters. The predicted molar refractivity (Wildman–Crippen MR) is 68.2 cm³/mol. The van der Waals surface area contributed by atoms with Crippen LogP contribution < -0.4 is 5.32 Å². The highest BCUT2D eigenvalue weighted by Crippen LogP contribution is 1.95. The molecular formula is C13H23NO4. The zero-order valence-corrected chi connectivity index (χ0v) is 11.5. The van der Waals surface area contributed by atoms with E-state index in [0.717, 1.165) is 0 Å².